The van der Waals surface area contributed by atoms with E-state index in [4.69, 9.17) is 0 Å². The minimum atomic E-state index is 0.0454. The summed E-state index contributed by atoms with van der Waals surface area (Å²) in [6.07, 6.45) is 0.761. The molecule has 2 aromatic carbocycles. The average molecular weight is 320 g/mol. The van der Waals surface area contributed by atoms with Gasteiger partial charge in [0.2, 0.25) is 0 Å². The molecule has 3 rings (SSSR count). The van der Waals surface area contributed by atoms with Gasteiger partial charge in [-0.05, 0) is 44.4 Å². The number of aromatic amines is 1. The summed E-state index contributed by atoms with van der Waals surface area (Å²) in [5.74, 6) is 0.420. The molecule has 0 bridgehead atoms. The van der Waals surface area contributed by atoms with Gasteiger partial charge in [-0.1, -0.05) is 55.3 Å². The van der Waals surface area contributed by atoms with Crippen LogP contribution in [0.25, 0.3) is 16.9 Å². The summed E-state index contributed by atoms with van der Waals surface area (Å²) in [5, 5.41) is 3.34. The summed E-state index contributed by atoms with van der Waals surface area (Å²) in [6.45, 7) is 8.40. The monoisotopic (exact) mass is 320 g/mol. The highest BCUT2D eigenvalue weighted by molar-refractivity contribution is 5.64. The largest absolute Gasteiger partial charge is 0.290 e. The van der Waals surface area contributed by atoms with Crippen LogP contribution < -0.4 is 5.56 Å². The Morgan fingerprint density at radius 3 is 2.33 bits per heavy atom. The van der Waals surface area contributed by atoms with Gasteiger partial charge in [-0.25, -0.2) is 4.68 Å². The maximum atomic E-state index is 13.0. The normalized spacial score (nSPS) is 11.2. The van der Waals surface area contributed by atoms with Crippen LogP contribution in [0, 0.1) is 19.8 Å². The van der Waals surface area contributed by atoms with E-state index in [1.54, 1.807) is 4.68 Å². The first-order chi connectivity index (χ1) is 11.5. The fourth-order valence-electron chi connectivity index (χ4n) is 2.98. The molecule has 0 atom stereocenters. The van der Waals surface area contributed by atoms with E-state index >= 15 is 0 Å². The van der Waals surface area contributed by atoms with E-state index in [0.717, 1.165) is 28.9 Å². The fraction of sp³-hybridized carbons (Fsp3) is 0.286. The lowest BCUT2D eigenvalue weighted by Crippen LogP contribution is -2.18. The third-order valence-electron chi connectivity index (χ3n) is 4.20. The first kappa shape index (κ1) is 16.3. The third kappa shape index (κ3) is 3.21. The number of aromatic nitrogens is 2. The first-order valence-corrected chi connectivity index (χ1v) is 8.43. The van der Waals surface area contributed by atoms with Gasteiger partial charge in [0.1, 0.15) is 0 Å². The van der Waals surface area contributed by atoms with Crippen LogP contribution in [-0.2, 0) is 6.42 Å². The molecule has 0 aliphatic rings. The number of nitrogens with zero attached hydrogens (tertiary/aromatic N) is 1. The Hall–Kier alpha value is -2.55. The molecule has 0 spiro atoms. The Bertz CT molecular complexity index is 898. The standard InChI is InChI=1S/C21H24N2O/c1-14(2)12-19-20(17-7-5-6-16(4)13-17)22-23(21(19)24)18-10-8-15(3)9-11-18/h5-11,13-14,22H,12H2,1-4H3. The Kier molecular flexibility index (Phi) is 4.43. The second-order valence-electron chi connectivity index (χ2n) is 6.91. The second kappa shape index (κ2) is 6.52. The highest BCUT2D eigenvalue weighted by Gasteiger charge is 2.17. The summed E-state index contributed by atoms with van der Waals surface area (Å²) < 4.78 is 1.66. The van der Waals surface area contributed by atoms with Crippen molar-refractivity contribution in [3.63, 3.8) is 0 Å². The molecule has 1 N–H and O–H groups in total. The molecule has 0 saturated heterocycles. The van der Waals surface area contributed by atoms with Crippen molar-refractivity contribution in [3.8, 4) is 16.9 Å². The van der Waals surface area contributed by atoms with Crippen molar-refractivity contribution >= 4 is 0 Å². The van der Waals surface area contributed by atoms with Crippen molar-refractivity contribution < 1.29 is 0 Å². The van der Waals surface area contributed by atoms with Crippen LogP contribution >= 0.6 is 0 Å². The quantitative estimate of drug-likeness (QED) is 0.746. The number of hydrogen-bond acceptors (Lipinski definition) is 1. The van der Waals surface area contributed by atoms with Crippen LogP contribution in [0.4, 0.5) is 0 Å². The number of nitrogens with one attached hydrogen (secondary N) is 1. The molecular formula is C21H24N2O. The van der Waals surface area contributed by atoms with Crippen molar-refractivity contribution in [2.24, 2.45) is 5.92 Å². The summed E-state index contributed by atoms with van der Waals surface area (Å²) >= 11 is 0. The first-order valence-electron chi connectivity index (χ1n) is 8.43. The topological polar surface area (TPSA) is 37.8 Å². The molecule has 3 heteroatoms. The van der Waals surface area contributed by atoms with Crippen LogP contribution in [0.2, 0.25) is 0 Å². The van der Waals surface area contributed by atoms with Gasteiger partial charge in [0.25, 0.3) is 5.56 Å². The Morgan fingerprint density at radius 2 is 1.71 bits per heavy atom. The highest BCUT2D eigenvalue weighted by atomic mass is 16.1. The second-order valence-corrected chi connectivity index (χ2v) is 6.91. The van der Waals surface area contributed by atoms with Crippen LogP contribution in [0.5, 0.6) is 0 Å². The average Bonchev–Trinajstić information content (AvgIpc) is 2.85. The smallest absolute Gasteiger partial charge is 0.275 e. The predicted octanol–water partition coefficient (Wildman–Crippen LogP) is 4.65. The van der Waals surface area contributed by atoms with Crippen LogP contribution in [-0.4, -0.2) is 9.78 Å². The molecule has 24 heavy (non-hydrogen) atoms. The summed E-state index contributed by atoms with van der Waals surface area (Å²) in [6, 6.07) is 16.3. The van der Waals surface area contributed by atoms with E-state index < -0.39 is 0 Å². The van der Waals surface area contributed by atoms with Crippen molar-refractivity contribution in [3.05, 3.63) is 75.6 Å². The van der Waals surface area contributed by atoms with Gasteiger partial charge < -0.3 is 0 Å². The van der Waals surface area contributed by atoms with Gasteiger partial charge in [-0.2, -0.15) is 0 Å². The van der Waals surface area contributed by atoms with E-state index in [1.165, 1.54) is 11.1 Å². The lowest BCUT2D eigenvalue weighted by Gasteiger charge is -2.06. The zero-order valence-corrected chi connectivity index (χ0v) is 14.8. The molecule has 0 saturated carbocycles. The Balaban J connectivity index is 2.19. The van der Waals surface area contributed by atoms with Crippen molar-refractivity contribution in [1.82, 2.24) is 9.78 Å². The van der Waals surface area contributed by atoms with E-state index in [1.807, 2.05) is 37.3 Å². The number of aryl methyl sites for hydroxylation is 2. The summed E-state index contributed by atoms with van der Waals surface area (Å²) in [5.41, 5.74) is 6.13. The lowest BCUT2D eigenvalue weighted by atomic mass is 9.99. The lowest BCUT2D eigenvalue weighted by molar-refractivity contribution is 0.644. The van der Waals surface area contributed by atoms with Gasteiger partial charge >= 0.3 is 0 Å². The molecular weight excluding hydrogens is 296 g/mol. The third-order valence-corrected chi connectivity index (χ3v) is 4.20. The van der Waals surface area contributed by atoms with E-state index in [-0.39, 0.29) is 5.56 Å². The molecule has 124 valence electrons. The fourth-order valence-corrected chi connectivity index (χ4v) is 2.98. The van der Waals surface area contributed by atoms with Crippen LogP contribution in [0.15, 0.2) is 53.3 Å². The zero-order chi connectivity index (χ0) is 17.3. The van der Waals surface area contributed by atoms with E-state index in [9.17, 15) is 4.79 Å². The minimum absolute atomic E-state index is 0.0454. The van der Waals surface area contributed by atoms with Gasteiger partial charge in [0.15, 0.2) is 0 Å². The molecule has 0 unspecified atom stereocenters. The van der Waals surface area contributed by atoms with Crippen molar-refractivity contribution in [1.29, 1.82) is 0 Å². The summed E-state index contributed by atoms with van der Waals surface area (Å²) in [7, 11) is 0. The predicted molar refractivity (Wildman–Crippen MR) is 99.8 cm³/mol. The van der Waals surface area contributed by atoms with Gasteiger partial charge in [0.05, 0.1) is 11.4 Å². The number of hydrogen-bond donors (Lipinski definition) is 1. The van der Waals surface area contributed by atoms with Gasteiger partial charge in [-0.15, -0.1) is 0 Å². The van der Waals surface area contributed by atoms with Gasteiger partial charge in [0, 0.05) is 11.1 Å². The highest BCUT2D eigenvalue weighted by Crippen LogP contribution is 2.24. The molecule has 0 aliphatic carbocycles. The van der Waals surface area contributed by atoms with E-state index in [0.29, 0.717) is 5.92 Å². The van der Waals surface area contributed by atoms with Crippen LogP contribution in [0.3, 0.4) is 0 Å². The molecule has 3 nitrogen and oxygen atoms in total. The van der Waals surface area contributed by atoms with Gasteiger partial charge in [-0.3, -0.25) is 9.89 Å². The molecule has 0 fully saturated rings. The molecule has 1 aromatic heterocycles. The Morgan fingerprint density at radius 1 is 1.00 bits per heavy atom. The van der Waals surface area contributed by atoms with Crippen molar-refractivity contribution in [2.75, 3.05) is 0 Å². The molecule has 1 heterocycles. The van der Waals surface area contributed by atoms with Crippen molar-refractivity contribution in [2.45, 2.75) is 34.1 Å². The zero-order valence-electron chi connectivity index (χ0n) is 14.8. The number of H-pyrrole nitrogens is 1. The van der Waals surface area contributed by atoms with E-state index in [2.05, 4.69) is 44.1 Å². The maximum absolute atomic E-state index is 13.0. The minimum Gasteiger partial charge on any atom is -0.290 e. The molecule has 0 radical (unpaired) electrons. The summed E-state index contributed by atoms with van der Waals surface area (Å²) in [4.78, 5) is 13.0. The Labute approximate surface area is 143 Å². The SMILES string of the molecule is Cc1ccc(-n2[nH]c(-c3cccc(C)c3)c(CC(C)C)c2=O)cc1. The number of benzene rings is 2. The number of rotatable bonds is 4. The molecule has 3 aromatic rings. The van der Waals surface area contributed by atoms with Crippen LogP contribution in [0.1, 0.15) is 30.5 Å². The molecule has 0 amide bonds. The molecule has 0 aliphatic heterocycles. The maximum Gasteiger partial charge on any atom is 0.275 e.